The van der Waals surface area contributed by atoms with Gasteiger partial charge in [-0.05, 0) is 49.8 Å². The van der Waals surface area contributed by atoms with Crippen molar-refractivity contribution in [2.75, 3.05) is 0 Å². The Kier molecular flexibility index (Phi) is 2.46. The lowest BCUT2D eigenvalue weighted by Crippen LogP contribution is -2.46. The third-order valence-corrected chi connectivity index (χ3v) is 3.84. The molecule has 0 saturated carbocycles. The summed E-state index contributed by atoms with van der Waals surface area (Å²) in [7, 11) is 0. The lowest BCUT2D eigenvalue weighted by atomic mass is 9.87. The molecule has 0 aromatic heterocycles. The molecule has 1 N–H and O–H groups in total. The van der Waals surface area contributed by atoms with Crippen molar-refractivity contribution in [3.63, 3.8) is 0 Å². The number of hydrogen-bond acceptors (Lipinski definition) is 3. The molecule has 1 saturated heterocycles. The van der Waals surface area contributed by atoms with Crippen LogP contribution >= 0.6 is 22.6 Å². The lowest BCUT2D eigenvalue weighted by Gasteiger charge is -2.34. The van der Waals surface area contributed by atoms with Gasteiger partial charge in [-0.15, -0.1) is 0 Å². The average Bonchev–Trinajstić information content (AvgIpc) is 2.30. The van der Waals surface area contributed by atoms with Crippen molar-refractivity contribution < 1.29 is 14.6 Å². The molecule has 0 aromatic carbocycles. The van der Waals surface area contributed by atoms with Crippen molar-refractivity contribution in [1.82, 2.24) is 0 Å². The summed E-state index contributed by atoms with van der Waals surface area (Å²) in [5.41, 5.74) is -0.377. The van der Waals surface area contributed by atoms with E-state index in [0.717, 1.165) is 10.0 Å². The Morgan fingerprint density at radius 3 is 2.79 bits per heavy atom. The Bertz CT molecular complexity index is 287. The number of aliphatic hydroxyl groups excluding tert-OH is 1. The number of ether oxygens (including phenoxy) is 2. The van der Waals surface area contributed by atoms with Crippen LogP contribution in [-0.2, 0) is 9.47 Å². The predicted octanol–water partition coefficient (Wildman–Crippen LogP) is 1.98. The third-order valence-electron chi connectivity index (χ3n) is 2.76. The number of hydrogen-bond donors (Lipinski definition) is 1. The summed E-state index contributed by atoms with van der Waals surface area (Å²) in [6.07, 6.45) is 2.04. The van der Waals surface area contributed by atoms with E-state index in [1.54, 1.807) is 0 Å². The van der Waals surface area contributed by atoms with E-state index in [1.165, 1.54) is 0 Å². The first-order valence-corrected chi connectivity index (χ1v) is 5.84. The number of halogens is 1. The van der Waals surface area contributed by atoms with E-state index in [1.807, 2.05) is 26.8 Å². The molecule has 0 amide bonds. The molecule has 4 heteroatoms. The van der Waals surface area contributed by atoms with Gasteiger partial charge >= 0.3 is 0 Å². The molecule has 3 atom stereocenters. The second-order valence-electron chi connectivity index (χ2n) is 4.59. The molecule has 3 nitrogen and oxygen atoms in total. The standard InChI is InChI=1S/C10H15IO3/c1-9(2)13-8-7(12)6(11)4-5-10(8,3)14-9/h4,7-8,12H,5H2,1-3H3/t7-,8-,10+/m0/s1. The Hall–Kier alpha value is 0.350. The summed E-state index contributed by atoms with van der Waals surface area (Å²) < 4.78 is 12.5. The molecule has 0 spiro atoms. The Balaban J connectivity index is 2.30. The topological polar surface area (TPSA) is 38.7 Å². The Morgan fingerprint density at radius 2 is 2.14 bits per heavy atom. The van der Waals surface area contributed by atoms with Crippen LogP contribution in [0.5, 0.6) is 0 Å². The van der Waals surface area contributed by atoms with E-state index in [-0.39, 0.29) is 11.7 Å². The quantitative estimate of drug-likeness (QED) is 0.695. The smallest absolute Gasteiger partial charge is 0.164 e. The SMILES string of the molecule is CC1(C)O[C@H]2[C@@H](O)C(I)=CC[C@@]2(C)O1. The number of rotatable bonds is 0. The van der Waals surface area contributed by atoms with Crippen LogP contribution in [0.2, 0.25) is 0 Å². The highest BCUT2D eigenvalue weighted by Gasteiger charge is 2.54. The van der Waals surface area contributed by atoms with Crippen LogP contribution in [-0.4, -0.2) is 28.7 Å². The number of aliphatic hydroxyl groups is 1. The summed E-state index contributed by atoms with van der Waals surface area (Å²) in [6, 6.07) is 0. The van der Waals surface area contributed by atoms with Gasteiger partial charge in [0.2, 0.25) is 0 Å². The molecule has 0 radical (unpaired) electrons. The zero-order valence-electron chi connectivity index (χ0n) is 8.58. The van der Waals surface area contributed by atoms with Crippen molar-refractivity contribution >= 4 is 22.6 Å². The zero-order chi connectivity index (χ0) is 10.6. The maximum atomic E-state index is 9.96. The van der Waals surface area contributed by atoms with E-state index in [0.29, 0.717) is 0 Å². The molecule has 1 aliphatic heterocycles. The van der Waals surface area contributed by atoms with Gasteiger partial charge < -0.3 is 14.6 Å². The van der Waals surface area contributed by atoms with Gasteiger partial charge in [-0.1, -0.05) is 6.08 Å². The highest BCUT2D eigenvalue weighted by molar-refractivity contribution is 14.1. The summed E-state index contributed by atoms with van der Waals surface area (Å²) >= 11 is 2.15. The molecule has 80 valence electrons. The van der Waals surface area contributed by atoms with E-state index in [4.69, 9.17) is 9.47 Å². The van der Waals surface area contributed by atoms with Crippen molar-refractivity contribution in [2.45, 2.75) is 50.8 Å². The molecule has 0 bridgehead atoms. The van der Waals surface area contributed by atoms with Crippen LogP contribution in [0.25, 0.3) is 0 Å². The number of fused-ring (bicyclic) bond motifs is 1. The average molecular weight is 310 g/mol. The van der Waals surface area contributed by atoms with Crippen LogP contribution in [0.3, 0.4) is 0 Å². The first kappa shape index (κ1) is 10.9. The molecule has 2 rings (SSSR count). The molecule has 1 aliphatic carbocycles. The van der Waals surface area contributed by atoms with Gasteiger partial charge in [0, 0.05) is 3.58 Å². The predicted molar refractivity (Wildman–Crippen MR) is 61.2 cm³/mol. The van der Waals surface area contributed by atoms with E-state index in [9.17, 15) is 5.11 Å². The molecule has 0 aromatic rings. The Morgan fingerprint density at radius 1 is 1.50 bits per heavy atom. The van der Waals surface area contributed by atoms with Gasteiger partial charge in [-0.3, -0.25) is 0 Å². The summed E-state index contributed by atoms with van der Waals surface area (Å²) in [5.74, 6) is -0.588. The lowest BCUT2D eigenvalue weighted by molar-refractivity contribution is -0.161. The monoisotopic (exact) mass is 310 g/mol. The third kappa shape index (κ3) is 1.62. The van der Waals surface area contributed by atoms with Gasteiger partial charge in [0.15, 0.2) is 5.79 Å². The molecule has 0 unspecified atom stereocenters. The maximum Gasteiger partial charge on any atom is 0.164 e. The van der Waals surface area contributed by atoms with Gasteiger partial charge in [0.05, 0.1) is 0 Å². The summed E-state index contributed by atoms with van der Waals surface area (Å²) in [5, 5.41) is 9.96. The van der Waals surface area contributed by atoms with Crippen LogP contribution in [0.15, 0.2) is 9.66 Å². The minimum absolute atomic E-state index is 0.241. The van der Waals surface area contributed by atoms with E-state index in [2.05, 4.69) is 22.6 Å². The zero-order valence-corrected chi connectivity index (χ0v) is 10.7. The molecule has 1 heterocycles. The first-order chi connectivity index (χ1) is 6.34. The second-order valence-corrected chi connectivity index (χ2v) is 5.84. The fraction of sp³-hybridized carbons (Fsp3) is 0.800. The fourth-order valence-corrected chi connectivity index (χ4v) is 2.74. The van der Waals surface area contributed by atoms with Crippen molar-refractivity contribution in [1.29, 1.82) is 0 Å². The van der Waals surface area contributed by atoms with Crippen LogP contribution < -0.4 is 0 Å². The van der Waals surface area contributed by atoms with Crippen LogP contribution in [0.4, 0.5) is 0 Å². The second kappa shape index (κ2) is 3.17. The molecular formula is C10H15IO3. The maximum absolute atomic E-state index is 9.96. The van der Waals surface area contributed by atoms with E-state index >= 15 is 0 Å². The molecular weight excluding hydrogens is 295 g/mol. The summed E-state index contributed by atoms with van der Waals surface area (Å²) in [6.45, 7) is 5.77. The van der Waals surface area contributed by atoms with Crippen LogP contribution in [0.1, 0.15) is 27.2 Å². The minimum atomic E-state index is -0.588. The van der Waals surface area contributed by atoms with Crippen molar-refractivity contribution in [3.05, 3.63) is 9.66 Å². The fourth-order valence-electron chi connectivity index (χ4n) is 2.20. The first-order valence-electron chi connectivity index (χ1n) is 4.76. The van der Waals surface area contributed by atoms with E-state index < -0.39 is 11.9 Å². The van der Waals surface area contributed by atoms with Gasteiger partial charge in [0.25, 0.3) is 0 Å². The van der Waals surface area contributed by atoms with Gasteiger partial charge in [-0.2, -0.15) is 0 Å². The van der Waals surface area contributed by atoms with Crippen molar-refractivity contribution in [3.8, 4) is 0 Å². The molecule has 1 fully saturated rings. The van der Waals surface area contributed by atoms with Crippen LogP contribution in [0, 0.1) is 0 Å². The van der Waals surface area contributed by atoms with Crippen molar-refractivity contribution in [2.24, 2.45) is 0 Å². The normalized spacial score (nSPS) is 45.9. The highest BCUT2D eigenvalue weighted by Crippen LogP contribution is 2.45. The molecule has 2 aliphatic rings. The highest BCUT2D eigenvalue weighted by atomic mass is 127. The summed E-state index contributed by atoms with van der Waals surface area (Å²) in [4.78, 5) is 0. The van der Waals surface area contributed by atoms with Gasteiger partial charge in [-0.25, -0.2) is 0 Å². The minimum Gasteiger partial charge on any atom is -0.385 e. The molecule has 14 heavy (non-hydrogen) atoms. The van der Waals surface area contributed by atoms with Gasteiger partial charge in [0.1, 0.15) is 17.8 Å². The largest absolute Gasteiger partial charge is 0.385 e. The Labute approximate surface area is 97.6 Å².